The molecule has 0 aromatic heterocycles. The number of para-hydroxylation sites is 2. The lowest BCUT2D eigenvalue weighted by molar-refractivity contribution is 0.460. The summed E-state index contributed by atoms with van der Waals surface area (Å²) >= 11 is 0. The van der Waals surface area contributed by atoms with Crippen molar-refractivity contribution in [2.75, 3.05) is 0 Å². The number of benzene rings is 5. The van der Waals surface area contributed by atoms with Gasteiger partial charge in [-0.2, -0.15) is 0 Å². The molecule has 0 saturated heterocycles. The van der Waals surface area contributed by atoms with Crippen molar-refractivity contribution in [2.45, 2.75) is 0 Å². The first-order valence-corrected chi connectivity index (χ1v) is 10.8. The van der Waals surface area contributed by atoms with E-state index in [0.717, 1.165) is 45.6 Å². The Hall–Kier alpha value is -4.50. The molecule has 0 atom stereocenters. The van der Waals surface area contributed by atoms with Crippen molar-refractivity contribution in [3.63, 3.8) is 0 Å². The van der Waals surface area contributed by atoms with Gasteiger partial charge in [-0.15, -0.1) is 0 Å². The topological polar surface area (TPSA) is 27.7 Å². The molecule has 33 heavy (non-hydrogen) atoms. The average molecular weight is 431 g/mol. The Bertz CT molecular complexity index is 1310. The Morgan fingerprint density at radius 2 is 0.697 bits per heavy atom. The second kappa shape index (κ2) is 9.75. The van der Waals surface area contributed by atoms with Gasteiger partial charge in [-0.05, 0) is 71.8 Å². The Balaban J connectivity index is 1.28. The molecule has 0 heterocycles. The molecule has 0 aliphatic rings. The minimum Gasteiger partial charge on any atom is -0.457 e. The third-order valence-electron chi connectivity index (χ3n) is 5.02. The quantitative estimate of drug-likeness (QED) is 0.258. The predicted octanol–water partition coefficient (Wildman–Crippen LogP) is 8.73. The lowest BCUT2D eigenvalue weighted by Crippen LogP contribution is -1.88. The zero-order chi connectivity index (χ0) is 22.3. The van der Waals surface area contributed by atoms with Crippen molar-refractivity contribution in [1.82, 2.24) is 0 Å². The summed E-state index contributed by atoms with van der Waals surface area (Å²) < 4.78 is 17.9. The highest BCUT2D eigenvalue weighted by Crippen LogP contribution is 2.31. The van der Waals surface area contributed by atoms with E-state index in [0.29, 0.717) is 0 Å². The third-order valence-corrected chi connectivity index (χ3v) is 5.02. The maximum absolute atomic E-state index is 6.05. The highest BCUT2D eigenvalue weighted by molar-refractivity contribution is 5.66. The first-order chi connectivity index (χ1) is 16.3. The molecule has 0 spiro atoms. The fourth-order valence-corrected chi connectivity index (χ4v) is 3.44. The van der Waals surface area contributed by atoms with E-state index in [1.54, 1.807) is 0 Å². The van der Waals surface area contributed by atoms with Crippen molar-refractivity contribution < 1.29 is 14.2 Å². The van der Waals surface area contributed by atoms with Crippen LogP contribution in [-0.4, -0.2) is 0 Å². The van der Waals surface area contributed by atoms with Gasteiger partial charge >= 0.3 is 0 Å². The van der Waals surface area contributed by atoms with Crippen LogP contribution < -0.4 is 14.2 Å². The number of ether oxygens (including phenoxy) is 3. The summed E-state index contributed by atoms with van der Waals surface area (Å²) in [6, 6.07) is 43.2. The van der Waals surface area contributed by atoms with Crippen LogP contribution in [0.1, 0.15) is 0 Å². The van der Waals surface area contributed by atoms with Gasteiger partial charge in [-0.1, -0.05) is 66.7 Å². The van der Waals surface area contributed by atoms with Crippen molar-refractivity contribution in [1.29, 1.82) is 0 Å². The maximum atomic E-state index is 6.05. The van der Waals surface area contributed by atoms with Gasteiger partial charge in [0.15, 0.2) is 0 Å². The van der Waals surface area contributed by atoms with Crippen molar-refractivity contribution >= 4 is 0 Å². The summed E-state index contributed by atoms with van der Waals surface area (Å²) in [7, 11) is 0. The fraction of sp³-hybridized carbons (Fsp3) is 0. The molecule has 160 valence electrons. The van der Waals surface area contributed by atoms with Gasteiger partial charge in [0.2, 0.25) is 0 Å². The van der Waals surface area contributed by atoms with E-state index < -0.39 is 0 Å². The van der Waals surface area contributed by atoms with Gasteiger partial charge in [0, 0.05) is 6.07 Å². The zero-order valence-electron chi connectivity index (χ0n) is 17.9. The van der Waals surface area contributed by atoms with E-state index in [1.165, 1.54) is 0 Å². The van der Waals surface area contributed by atoms with Crippen molar-refractivity contribution in [3.05, 3.63) is 133 Å². The molecule has 5 rings (SSSR count). The minimum absolute atomic E-state index is 0.717. The summed E-state index contributed by atoms with van der Waals surface area (Å²) in [5, 5.41) is 0. The standard InChI is InChI=1S/C30H22O3/c1-3-10-25(11-4-1)31-28-14-7-9-24(21-28)23-17-19-27(20-18-23)33-30-16-8-15-29(22-30)32-26-12-5-2-6-13-26/h1-22H. The molecule has 0 radical (unpaired) electrons. The van der Waals surface area contributed by atoms with Crippen LogP contribution in [0.4, 0.5) is 0 Å². The molecule has 0 saturated carbocycles. The molecule has 0 N–H and O–H groups in total. The van der Waals surface area contributed by atoms with Crippen LogP contribution in [-0.2, 0) is 0 Å². The Labute approximate surface area is 193 Å². The van der Waals surface area contributed by atoms with Gasteiger partial charge in [-0.25, -0.2) is 0 Å². The van der Waals surface area contributed by atoms with Crippen LogP contribution in [0.5, 0.6) is 34.5 Å². The first kappa shape index (κ1) is 20.4. The summed E-state index contributed by atoms with van der Waals surface area (Å²) in [6.07, 6.45) is 0. The molecule has 0 amide bonds. The molecule has 0 unspecified atom stereocenters. The van der Waals surface area contributed by atoms with E-state index in [4.69, 9.17) is 14.2 Å². The van der Waals surface area contributed by atoms with Crippen LogP contribution in [0, 0.1) is 0 Å². The van der Waals surface area contributed by atoms with Crippen LogP contribution in [0.15, 0.2) is 133 Å². The van der Waals surface area contributed by atoms with E-state index in [1.807, 2.05) is 127 Å². The SMILES string of the molecule is c1ccc(Oc2cccc(Oc3ccc(-c4cccc(Oc5ccccc5)c4)cc3)c2)cc1. The van der Waals surface area contributed by atoms with E-state index >= 15 is 0 Å². The molecule has 5 aromatic rings. The molecule has 3 nitrogen and oxygen atoms in total. The minimum atomic E-state index is 0.717. The second-order valence-electron chi connectivity index (χ2n) is 7.46. The number of rotatable bonds is 7. The molecule has 0 fully saturated rings. The highest BCUT2D eigenvalue weighted by Gasteiger charge is 2.05. The zero-order valence-corrected chi connectivity index (χ0v) is 17.9. The van der Waals surface area contributed by atoms with Crippen molar-refractivity contribution in [3.8, 4) is 45.6 Å². The Morgan fingerprint density at radius 3 is 1.24 bits per heavy atom. The van der Waals surface area contributed by atoms with Gasteiger partial charge in [-0.3, -0.25) is 0 Å². The Morgan fingerprint density at radius 1 is 0.273 bits per heavy atom. The monoisotopic (exact) mass is 430 g/mol. The Kier molecular flexibility index (Phi) is 6.03. The lowest BCUT2D eigenvalue weighted by Gasteiger charge is -2.10. The molecule has 0 aliphatic carbocycles. The first-order valence-electron chi connectivity index (χ1n) is 10.8. The molecule has 0 aliphatic heterocycles. The normalized spacial score (nSPS) is 10.4. The predicted molar refractivity (Wildman–Crippen MR) is 131 cm³/mol. The average Bonchev–Trinajstić information content (AvgIpc) is 2.86. The van der Waals surface area contributed by atoms with E-state index in [9.17, 15) is 0 Å². The molecule has 0 bridgehead atoms. The van der Waals surface area contributed by atoms with Gasteiger partial charge in [0.1, 0.15) is 34.5 Å². The summed E-state index contributed by atoms with van der Waals surface area (Å²) in [4.78, 5) is 0. The maximum Gasteiger partial charge on any atom is 0.131 e. The largest absolute Gasteiger partial charge is 0.457 e. The smallest absolute Gasteiger partial charge is 0.131 e. The highest BCUT2D eigenvalue weighted by atomic mass is 16.5. The van der Waals surface area contributed by atoms with Crippen molar-refractivity contribution in [2.24, 2.45) is 0 Å². The molecular formula is C30H22O3. The van der Waals surface area contributed by atoms with Gasteiger partial charge in [0.25, 0.3) is 0 Å². The number of hydrogen-bond donors (Lipinski definition) is 0. The van der Waals surface area contributed by atoms with Crippen LogP contribution in [0.3, 0.4) is 0 Å². The summed E-state index contributed by atoms with van der Waals surface area (Å²) in [5.41, 5.74) is 2.16. The van der Waals surface area contributed by atoms with Crippen LogP contribution in [0.2, 0.25) is 0 Å². The number of hydrogen-bond acceptors (Lipinski definition) is 3. The fourth-order valence-electron chi connectivity index (χ4n) is 3.44. The van der Waals surface area contributed by atoms with Gasteiger partial charge in [0.05, 0.1) is 0 Å². The van der Waals surface area contributed by atoms with Crippen LogP contribution >= 0.6 is 0 Å². The van der Waals surface area contributed by atoms with E-state index in [-0.39, 0.29) is 0 Å². The molecule has 5 aromatic carbocycles. The lowest BCUT2D eigenvalue weighted by atomic mass is 10.1. The summed E-state index contributed by atoms with van der Waals surface area (Å²) in [6.45, 7) is 0. The second-order valence-corrected chi connectivity index (χ2v) is 7.46. The van der Waals surface area contributed by atoms with E-state index in [2.05, 4.69) is 6.07 Å². The van der Waals surface area contributed by atoms with Crippen LogP contribution in [0.25, 0.3) is 11.1 Å². The summed E-state index contributed by atoms with van der Waals surface area (Å²) in [5.74, 6) is 4.61. The molecular weight excluding hydrogens is 408 g/mol. The van der Waals surface area contributed by atoms with Gasteiger partial charge < -0.3 is 14.2 Å². The molecule has 3 heteroatoms. The third kappa shape index (κ3) is 5.41.